The minimum absolute atomic E-state index is 0.460. The van der Waals surface area contributed by atoms with Gasteiger partial charge in [0.25, 0.3) is 10.0 Å². The van der Waals surface area contributed by atoms with Crippen molar-refractivity contribution in [1.82, 2.24) is 9.29 Å². The number of piperazine rings is 1. The molecule has 2 aromatic heterocycles. The Kier molecular flexibility index (Phi) is 4.30. The highest BCUT2D eigenvalue weighted by Crippen LogP contribution is 2.27. The van der Waals surface area contributed by atoms with E-state index in [1.807, 2.05) is 18.4 Å². The number of hydrogen-bond acceptors (Lipinski definition) is 6. The van der Waals surface area contributed by atoms with Crippen LogP contribution in [0.4, 0.5) is 5.13 Å². The maximum Gasteiger partial charge on any atom is 0.252 e. The van der Waals surface area contributed by atoms with Crippen LogP contribution < -0.4 is 4.90 Å². The lowest BCUT2D eigenvalue weighted by atomic mass is 10.4. The van der Waals surface area contributed by atoms with Crippen LogP contribution in [0.3, 0.4) is 0 Å². The van der Waals surface area contributed by atoms with Crippen LogP contribution in [0.15, 0.2) is 27.9 Å². The summed E-state index contributed by atoms with van der Waals surface area (Å²) in [4.78, 5) is 7.53. The van der Waals surface area contributed by atoms with Crippen molar-refractivity contribution in [2.75, 3.05) is 31.1 Å². The van der Waals surface area contributed by atoms with Gasteiger partial charge in [0.15, 0.2) is 5.13 Å². The zero-order valence-corrected chi connectivity index (χ0v) is 14.2. The Hall–Kier alpha value is -0.960. The third-order valence-electron chi connectivity index (χ3n) is 3.51. The Bertz CT molecular complexity index is 686. The first-order valence-electron chi connectivity index (χ1n) is 6.84. The highest BCUT2D eigenvalue weighted by atomic mass is 32.2. The minimum Gasteiger partial charge on any atom is -0.345 e. The van der Waals surface area contributed by atoms with Gasteiger partial charge in [-0.3, -0.25) is 0 Å². The van der Waals surface area contributed by atoms with Crippen molar-refractivity contribution in [3.63, 3.8) is 0 Å². The predicted octanol–water partition coefficient (Wildman–Crippen LogP) is 2.28. The average molecular weight is 343 g/mol. The van der Waals surface area contributed by atoms with Gasteiger partial charge in [0.1, 0.15) is 4.21 Å². The maximum absolute atomic E-state index is 12.6. The van der Waals surface area contributed by atoms with Crippen LogP contribution in [0.25, 0.3) is 0 Å². The molecule has 0 aliphatic carbocycles. The molecule has 1 aliphatic rings. The number of thiazole rings is 1. The Morgan fingerprint density at radius 3 is 2.57 bits per heavy atom. The molecule has 3 rings (SSSR count). The fourth-order valence-electron chi connectivity index (χ4n) is 2.31. The first-order valence-corrected chi connectivity index (χ1v) is 9.98. The smallest absolute Gasteiger partial charge is 0.252 e. The molecule has 0 radical (unpaired) electrons. The largest absolute Gasteiger partial charge is 0.345 e. The third kappa shape index (κ3) is 2.98. The van der Waals surface area contributed by atoms with Crippen molar-refractivity contribution in [3.05, 3.63) is 28.6 Å². The van der Waals surface area contributed by atoms with E-state index in [0.717, 1.165) is 16.4 Å². The predicted molar refractivity (Wildman–Crippen MR) is 86.8 cm³/mol. The second-order valence-corrected chi connectivity index (χ2v) is 8.99. The van der Waals surface area contributed by atoms with Crippen LogP contribution in [0.2, 0.25) is 0 Å². The average Bonchev–Trinajstić information content (AvgIpc) is 3.19. The van der Waals surface area contributed by atoms with E-state index in [1.54, 1.807) is 27.9 Å². The van der Waals surface area contributed by atoms with Crippen LogP contribution in [0.5, 0.6) is 0 Å². The summed E-state index contributed by atoms with van der Waals surface area (Å²) in [5, 5.41) is 2.91. The summed E-state index contributed by atoms with van der Waals surface area (Å²) in [6, 6.07) is 3.63. The molecule has 0 spiro atoms. The summed E-state index contributed by atoms with van der Waals surface area (Å²) in [7, 11) is -3.34. The molecule has 21 heavy (non-hydrogen) atoms. The van der Waals surface area contributed by atoms with Crippen LogP contribution >= 0.6 is 22.7 Å². The van der Waals surface area contributed by atoms with Crippen molar-refractivity contribution in [1.29, 1.82) is 0 Å². The topological polar surface area (TPSA) is 53.5 Å². The van der Waals surface area contributed by atoms with Gasteiger partial charge in [0, 0.05) is 42.6 Å². The second kappa shape index (κ2) is 6.04. The fraction of sp³-hybridized carbons (Fsp3) is 0.462. The van der Waals surface area contributed by atoms with Gasteiger partial charge < -0.3 is 4.90 Å². The van der Waals surface area contributed by atoms with E-state index < -0.39 is 10.0 Å². The molecule has 2 aromatic rings. The molecule has 0 unspecified atom stereocenters. The standard InChI is InChI=1S/C13H17N3O2S3/c1-2-11-3-4-12(20-11)21(17,18)16-8-6-15(7-9-16)13-14-5-10-19-13/h3-5,10H,2,6-9H2,1H3. The molecule has 0 saturated carbocycles. The molecule has 114 valence electrons. The SMILES string of the molecule is CCc1ccc(S(=O)(=O)N2CCN(c3nccs3)CC2)s1. The molecule has 1 saturated heterocycles. The van der Waals surface area contributed by atoms with Crippen LogP contribution in [-0.4, -0.2) is 43.9 Å². The number of thiophene rings is 1. The second-order valence-electron chi connectivity index (χ2n) is 4.78. The van der Waals surface area contributed by atoms with E-state index in [2.05, 4.69) is 9.88 Å². The number of hydrogen-bond donors (Lipinski definition) is 0. The van der Waals surface area contributed by atoms with Crippen molar-refractivity contribution in [3.8, 4) is 0 Å². The first-order chi connectivity index (χ1) is 10.1. The van der Waals surface area contributed by atoms with E-state index in [9.17, 15) is 8.42 Å². The summed E-state index contributed by atoms with van der Waals surface area (Å²) >= 11 is 2.97. The van der Waals surface area contributed by atoms with Gasteiger partial charge in [0.05, 0.1) is 0 Å². The Balaban J connectivity index is 1.71. The van der Waals surface area contributed by atoms with Gasteiger partial charge in [-0.1, -0.05) is 6.92 Å². The number of anilines is 1. The van der Waals surface area contributed by atoms with Crippen molar-refractivity contribution >= 4 is 37.8 Å². The first kappa shape index (κ1) is 15.0. The number of nitrogens with zero attached hydrogens (tertiary/aromatic N) is 3. The summed E-state index contributed by atoms with van der Waals surface area (Å²) in [5.41, 5.74) is 0. The quantitative estimate of drug-likeness (QED) is 0.855. The van der Waals surface area contributed by atoms with Crippen LogP contribution in [-0.2, 0) is 16.4 Å². The highest BCUT2D eigenvalue weighted by molar-refractivity contribution is 7.91. The number of rotatable bonds is 4. The molecule has 0 atom stereocenters. The molecule has 8 heteroatoms. The highest BCUT2D eigenvalue weighted by Gasteiger charge is 2.30. The molecular weight excluding hydrogens is 326 g/mol. The zero-order valence-electron chi connectivity index (χ0n) is 11.7. The lowest BCUT2D eigenvalue weighted by Gasteiger charge is -2.33. The molecular formula is C13H17N3O2S3. The Morgan fingerprint density at radius 1 is 1.24 bits per heavy atom. The summed E-state index contributed by atoms with van der Waals surface area (Å²) in [6.07, 6.45) is 2.65. The molecule has 1 fully saturated rings. The Labute approximate surface area is 132 Å². The molecule has 0 bridgehead atoms. The summed E-state index contributed by atoms with van der Waals surface area (Å²) in [6.45, 7) is 4.45. The minimum atomic E-state index is -3.34. The van der Waals surface area contributed by atoms with Gasteiger partial charge in [-0.2, -0.15) is 4.31 Å². The van der Waals surface area contributed by atoms with Gasteiger partial charge >= 0.3 is 0 Å². The molecule has 1 aliphatic heterocycles. The lowest BCUT2D eigenvalue weighted by molar-refractivity contribution is 0.385. The van der Waals surface area contributed by atoms with Crippen molar-refractivity contribution < 1.29 is 8.42 Å². The molecule has 3 heterocycles. The normalized spacial score (nSPS) is 17.3. The van der Waals surface area contributed by atoms with Gasteiger partial charge in [-0.25, -0.2) is 13.4 Å². The molecule has 5 nitrogen and oxygen atoms in total. The third-order valence-corrected chi connectivity index (χ3v) is 7.94. The summed E-state index contributed by atoms with van der Waals surface area (Å²) < 4.78 is 27.3. The van der Waals surface area contributed by atoms with Gasteiger partial charge in [-0.15, -0.1) is 22.7 Å². The van der Waals surface area contributed by atoms with E-state index in [0.29, 0.717) is 30.4 Å². The van der Waals surface area contributed by atoms with Crippen molar-refractivity contribution in [2.24, 2.45) is 0 Å². The van der Waals surface area contributed by atoms with Crippen LogP contribution in [0.1, 0.15) is 11.8 Å². The van der Waals surface area contributed by atoms with E-state index in [-0.39, 0.29) is 0 Å². The van der Waals surface area contributed by atoms with Crippen molar-refractivity contribution in [2.45, 2.75) is 17.6 Å². The van der Waals surface area contributed by atoms with Gasteiger partial charge in [0.2, 0.25) is 0 Å². The monoisotopic (exact) mass is 343 g/mol. The lowest BCUT2D eigenvalue weighted by Crippen LogP contribution is -2.48. The number of aromatic nitrogens is 1. The molecule has 0 amide bonds. The molecule has 0 aromatic carbocycles. The van der Waals surface area contributed by atoms with E-state index in [1.165, 1.54) is 11.3 Å². The molecule has 0 N–H and O–H groups in total. The Morgan fingerprint density at radius 2 is 2.00 bits per heavy atom. The fourth-order valence-corrected chi connectivity index (χ4v) is 5.87. The summed E-state index contributed by atoms with van der Waals surface area (Å²) in [5.74, 6) is 0. The zero-order chi connectivity index (χ0) is 14.9. The number of sulfonamides is 1. The maximum atomic E-state index is 12.6. The number of aryl methyl sites for hydroxylation is 1. The van der Waals surface area contributed by atoms with E-state index >= 15 is 0 Å². The van der Waals surface area contributed by atoms with Crippen LogP contribution in [0, 0.1) is 0 Å². The van der Waals surface area contributed by atoms with E-state index in [4.69, 9.17) is 0 Å². The van der Waals surface area contributed by atoms with Gasteiger partial charge in [-0.05, 0) is 18.6 Å².